The summed E-state index contributed by atoms with van der Waals surface area (Å²) < 4.78 is 0.350. The van der Waals surface area contributed by atoms with E-state index >= 15 is 0 Å². The Morgan fingerprint density at radius 3 is 0.954 bits per heavy atom. The minimum absolute atomic E-state index is 0.350. The molecule has 0 aliphatic carbocycles. The molecule has 1 spiro atoms. The van der Waals surface area contributed by atoms with E-state index in [4.69, 9.17) is 0 Å². The zero-order valence-corrected chi connectivity index (χ0v) is 35.5. The normalized spacial score (nSPS) is 13.5. The minimum atomic E-state index is 0.350. The number of hydrogen-bond donors (Lipinski definition) is 0. The lowest BCUT2D eigenvalue weighted by atomic mass is 9.90. The van der Waals surface area contributed by atoms with Gasteiger partial charge in [-0.1, -0.05) is 194 Å². The van der Waals surface area contributed by atoms with Crippen LogP contribution in [0.2, 0.25) is 0 Å². The molecule has 2 aliphatic rings. The molecule has 14 rings (SSSR count). The largest absolute Gasteiger partial charge is 0.217 e. The van der Waals surface area contributed by atoms with Gasteiger partial charge in [0.2, 0.25) is 0 Å². The molecular weight excluding hydrogens is 783 g/mol. The minimum Gasteiger partial charge on any atom is -0.217 e. The van der Waals surface area contributed by atoms with Gasteiger partial charge in [-0.2, -0.15) is 0 Å². The highest BCUT2D eigenvalue weighted by atomic mass is 15.3. The highest BCUT2D eigenvalue weighted by Crippen LogP contribution is 2.34. The SMILES string of the molecule is C1=c2ccc3ccccc3c2=c2c(ccc3ccccc23)=C[N+]12C=c1c(-c3cccc4ccccc34)cc3ccccc3c1=c1c(c(-c3cccc4ccccc34)cc3ccccc13)=C2. The summed E-state index contributed by atoms with van der Waals surface area (Å²) in [6.07, 6.45) is 10.1. The molecule has 0 saturated heterocycles. The zero-order valence-electron chi connectivity index (χ0n) is 35.5. The summed E-state index contributed by atoms with van der Waals surface area (Å²) in [7, 11) is 0. The van der Waals surface area contributed by atoms with Gasteiger partial charge in [-0.3, -0.25) is 0 Å². The van der Waals surface area contributed by atoms with Crippen LogP contribution in [0.3, 0.4) is 0 Å². The van der Waals surface area contributed by atoms with Crippen LogP contribution in [0.25, 0.3) is 112 Å². The van der Waals surface area contributed by atoms with Crippen molar-refractivity contribution in [3.8, 4) is 22.3 Å². The third-order valence-corrected chi connectivity index (χ3v) is 14.2. The maximum absolute atomic E-state index is 2.56. The predicted molar refractivity (Wildman–Crippen MR) is 274 cm³/mol. The van der Waals surface area contributed by atoms with E-state index in [0.29, 0.717) is 4.48 Å². The number of rotatable bonds is 2. The molecule has 0 unspecified atom stereocenters. The standard InChI is InChI=1S/C64H40N/c1-7-23-49-41(15-1)21-13-29-55(49)57-35-45-19-5-11-27-53(45)63-59(57)39-65(40-60-58(36-46-20-6-12-28-54(46)64(60)63)56-30-14-22-42-16-2-8-24-50(42)56)37-47-33-31-43-17-3-9-25-51(43)61(47)62-48(38-65)34-32-44-18-4-10-26-52(44)62/h1-40H/q+1. The van der Waals surface area contributed by atoms with Crippen LogP contribution in [-0.4, -0.2) is 4.48 Å². The molecule has 0 bridgehead atoms. The van der Waals surface area contributed by atoms with Crippen molar-refractivity contribution in [3.63, 3.8) is 0 Å². The van der Waals surface area contributed by atoms with E-state index in [2.05, 4.69) is 243 Å². The van der Waals surface area contributed by atoms with Crippen LogP contribution in [0, 0.1) is 20.9 Å². The zero-order chi connectivity index (χ0) is 42.6. The summed E-state index contributed by atoms with van der Waals surface area (Å²) in [4.78, 5) is 0. The van der Waals surface area contributed by atoms with Crippen molar-refractivity contribution in [2.75, 3.05) is 0 Å². The van der Waals surface area contributed by atoms with Gasteiger partial charge >= 0.3 is 0 Å². The first-order valence-electron chi connectivity index (χ1n) is 22.6. The van der Waals surface area contributed by atoms with Crippen LogP contribution in [-0.2, 0) is 0 Å². The second-order valence-corrected chi connectivity index (χ2v) is 17.8. The summed E-state index contributed by atoms with van der Waals surface area (Å²) >= 11 is 0. The fraction of sp³-hybridized carbons (Fsp3) is 0. The number of fused-ring (bicyclic) bond motifs is 14. The molecule has 12 aromatic carbocycles. The molecule has 12 aromatic rings. The molecule has 65 heavy (non-hydrogen) atoms. The highest BCUT2D eigenvalue weighted by Gasteiger charge is 2.27. The highest BCUT2D eigenvalue weighted by molar-refractivity contribution is 6.02. The average Bonchev–Trinajstić information content (AvgIpc) is 3.60. The van der Waals surface area contributed by atoms with Gasteiger partial charge in [0.15, 0.2) is 0 Å². The van der Waals surface area contributed by atoms with E-state index in [9.17, 15) is 0 Å². The number of benzene rings is 12. The maximum Gasteiger partial charge on any atom is 0.118 e. The molecule has 1 nitrogen and oxygen atoms in total. The summed E-state index contributed by atoms with van der Waals surface area (Å²) in [5, 5.41) is 24.8. The molecule has 2 aliphatic heterocycles. The molecule has 0 amide bonds. The van der Waals surface area contributed by atoms with Gasteiger partial charge < -0.3 is 0 Å². The van der Waals surface area contributed by atoms with Crippen LogP contribution in [0.4, 0.5) is 0 Å². The Hall–Kier alpha value is -8.36. The van der Waals surface area contributed by atoms with Crippen molar-refractivity contribution >= 4 is 89.4 Å². The first-order chi connectivity index (χ1) is 32.2. The monoisotopic (exact) mass is 822 g/mol. The van der Waals surface area contributed by atoms with Gasteiger partial charge in [-0.25, -0.2) is 4.48 Å². The van der Waals surface area contributed by atoms with Crippen LogP contribution < -0.4 is 20.9 Å². The lowest BCUT2D eigenvalue weighted by Crippen LogP contribution is -2.31. The van der Waals surface area contributed by atoms with Crippen molar-refractivity contribution < 1.29 is 4.48 Å². The van der Waals surface area contributed by atoms with E-state index in [1.54, 1.807) is 0 Å². The third kappa shape index (κ3) is 5.43. The van der Waals surface area contributed by atoms with E-state index in [-0.39, 0.29) is 0 Å². The van der Waals surface area contributed by atoms with E-state index in [1.165, 1.54) is 129 Å². The summed E-state index contributed by atoms with van der Waals surface area (Å²) in [5.41, 5.74) is 4.89. The number of nitrogens with zero attached hydrogens (tertiary/aromatic N) is 1. The first-order valence-corrected chi connectivity index (χ1v) is 22.6. The predicted octanol–water partition coefficient (Wildman–Crippen LogP) is 13.0. The fourth-order valence-corrected chi connectivity index (χ4v) is 11.4. The Labute approximate surface area is 374 Å². The number of hydrogen-bond acceptors (Lipinski definition) is 0. The van der Waals surface area contributed by atoms with Crippen molar-refractivity contribution in [1.29, 1.82) is 0 Å². The van der Waals surface area contributed by atoms with Crippen LogP contribution in [0.15, 0.2) is 218 Å². The van der Waals surface area contributed by atoms with Crippen molar-refractivity contribution in [1.82, 2.24) is 0 Å². The Balaban J connectivity index is 1.31. The molecule has 0 fully saturated rings. The lowest BCUT2D eigenvalue weighted by molar-refractivity contribution is -0.583. The Morgan fingerprint density at radius 2 is 0.538 bits per heavy atom. The first kappa shape index (κ1) is 36.2. The fourth-order valence-electron chi connectivity index (χ4n) is 11.4. The Bertz CT molecular complexity index is 4240. The smallest absolute Gasteiger partial charge is 0.118 e. The second kappa shape index (κ2) is 13.8. The van der Waals surface area contributed by atoms with Gasteiger partial charge in [-0.05, 0) is 111 Å². The summed E-state index contributed by atoms with van der Waals surface area (Å²) in [6, 6.07) is 81.4. The van der Waals surface area contributed by atoms with Crippen LogP contribution >= 0.6 is 0 Å². The molecular formula is C64H40N+. The van der Waals surface area contributed by atoms with Gasteiger partial charge in [0, 0.05) is 41.7 Å². The Kier molecular flexibility index (Phi) is 7.69. The molecule has 0 N–H and O–H groups in total. The van der Waals surface area contributed by atoms with Crippen molar-refractivity contribution in [3.05, 3.63) is 260 Å². The molecule has 2 heterocycles. The molecule has 0 atom stereocenters. The Morgan fingerprint density at radius 1 is 0.215 bits per heavy atom. The van der Waals surface area contributed by atoms with Gasteiger partial charge in [0.1, 0.15) is 24.8 Å². The van der Waals surface area contributed by atoms with Crippen molar-refractivity contribution in [2.24, 2.45) is 0 Å². The van der Waals surface area contributed by atoms with Crippen LogP contribution in [0.1, 0.15) is 0 Å². The van der Waals surface area contributed by atoms with Gasteiger partial charge in [-0.15, -0.1) is 0 Å². The molecule has 0 saturated carbocycles. The molecule has 1 heteroatoms. The van der Waals surface area contributed by atoms with Gasteiger partial charge in [0.05, 0.1) is 0 Å². The van der Waals surface area contributed by atoms with Gasteiger partial charge in [0.25, 0.3) is 0 Å². The number of quaternary nitrogens is 1. The van der Waals surface area contributed by atoms with Crippen LogP contribution in [0.5, 0.6) is 0 Å². The average molecular weight is 823 g/mol. The summed E-state index contributed by atoms with van der Waals surface area (Å²) in [5.74, 6) is 0. The maximum atomic E-state index is 2.56. The third-order valence-electron chi connectivity index (χ3n) is 14.2. The molecule has 300 valence electrons. The summed E-state index contributed by atoms with van der Waals surface area (Å²) in [6.45, 7) is 0. The van der Waals surface area contributed by atoms with Crippen molar-refractivity contribution in [2.45, 2.75) is 0 Å². The van der Waals surface area contributed by atoms with E-state index < -0.39 is 0 Å². The lowest BCUT2D eigenvalue weighted by Gasteiger charge is -2.22. The van der Waals surface area contributed by atoms with E-state index in [0.717, 1.165) is 0 Å². The van der Waals surface area contributed by atoms with E-state index in [1.807, 2.05) is 0 Å². The quantitative estimate of drug-likeness (QED) is 0.152. The molecule has 0 aromatic heterocycles. The molecule has 0 radical (unpaired) electrons. The topological polar surface area (TPSA) is 0 Å². The second-order valence-electron chi connectivity index (χ2n) is 17.8.